The number of H-pyrrole nitrogens is 1. The lowest BCUT2D eigenvalue weighted by molar-refractivity contribution is -0.141. The second-order valence-corrected chi connectivity index (χ2v) is 9.25. The second kappa shape index (κ2) is 7.34. The molecule has 8 heteroatoms. The Morgan fingerprint density at radius 1 is 1.30 bits per heavy atom. The van der Waals surface area contributed by atoms with Gasteiger partial charge in [0.2, 0.25) is 0 Å². The van der Waals surface area contributed by atoms with Gasteiger partial charge in [0.1, 0.15) is 5.82 Å². The Morgan fingerprint density at radius 2 is 2.13 bits per heavy atom. The van der Waals surface area contributed by atoms with Gasteiger partial charge in [-0.2, -0.15) is 0 Å². The van der Waals surface area contributed by atoms with Crippen LogP contribution in [-0.2, 0) is 23.2 Å². The lowest BCUT2D eigenvalue weighted by Gasteiger charge is -2.30. The average Bonchev–Trinajstić information content (AvgIpc) is 3.38. The first-order valence-corrected chi connectivity index (χ1v) is 11.1. The van der Waals surface area contributed by atoms with Crippen molar-refractivity contribution in [3.8, 4) is 0 Å². The second-order valence-electron chi connectivity index (χ2n) is 7.87. The van der Waals surface area contributed by atoms with Crippen LogP contribution >= 0.6 is 22.9 Å². The number of aromatic amines is 1. The van der Waals surface area contributed by atoms with Crippen LogP contribution in [0.4, 0.5) is 0 Å². The van der Waals surface area contributed by atoms with Crippen LogP contribution in [0.25, 0.3) is 0 Å². The van der Waals surface area contributed by atoms with Crippen LogP contribution in [0, 0.1) is 0 Å². The Labute approximate surface area is 182 Å². The van der Waals surface area contributed by atoms with Crippen LogP contribution in [0.3, 0.4) is 0 Å². The van der Waals surface area contributed by atoms with Crippen molar-refractivity contribution in [3.63, 3.8) is 0 Å². The molecule has 30 heavy (non-hydrogen) atoms. The van der Waals surface area contributed by atoms with Crippen LogP contribution in [0.2, 0.25) is 5.02 Å². The first-order chi connectivity index (χ1) is 14.5. The molecule has 2 aliphatic rings. The van der Waals surface area contributed by atoms with Gasteiger partial charge in [0.25, 0.3) is 11.5 Å². The zero-order chi connectivity index (χ0) is 20.9. The normalized spacial score (nSPS) is 18.0. The molecule has 3 heterocycles. The summed E-state index contributed by atoms with van der Waals surface area (Å²) >= 11 is 7.66. The van der Waals surface area contributed by atoms with Gasteiger partial charge >= 0.3 is 0 Å². The van der Waals surface area contributed by atoms with E-state index in [4.69, 9.17) is 16.6 Å². The lowest BCUT2D eigenvalue weighted by Crippen LogP contribution is -2.42. The van der Waals surface area contributed by atoms with E-state index in [0.29, 0.717) is 29.1 Å². The number of fused-ring (bicyclic) bond motifs is 1. The van der Waals surface area contributed by atoms with Crippen molar-refractivity contribution in [2.75, 3.05) is 6.54 Å². The molecule has 3 aromatic rings. The topological polar surface area (TPSA) is 86.3 Å². The number of nitrogens with one attached hydrogen (secondary N) is 1. The number of aliphatic hydroxyl groups is 1. The summed E-state index contributed by atoms with van der Waals surface area (Å²) in [6.45, 7) is 0.547. The monoisotopic (exact) mass is 441 g/mol. The largest absolute Gasteiger partial charge is 0.378 e. The summed E-state index contributed by atoms with van der Waals surface area (Å²) < 4.78 is 0. The molecule has 2 aromatic heterocycles. The third kappa shape index (κ3) is 3.27. The summed E-state index contributed by atoms with van der Waals surface area (Å²) in [5.74, 6) is 0.288. The average molecular weight is 442 g/mol. The van der Waals surface area contributed by atoms with E-state index in [1.807, 2.05) is 11.4 Å². The van der Waals surface area contributed by atoms with Crippen LogP contribution in [0.1, 0.15) is 46.5 Å². The van der Waals surface area contributed by atoms with Gasteiger partial charge < -0.3 is 15.0 Å². The molecule has 1 aromatic carbocycles. The maximum atomic E-state index is 12.9. The molecule has 1 unspecified atom stereocenters. The molecular weight excluding hydrogens is 422 g/mol. The molecule has 0 bridgehead atoms. The smallest absolute Gasteiger partial charge is 0.256 e. The van der Waals surface area contributed by atoms with Gasteiger partial charge in [-0.05, 0) is 42.0 Å². The van der Waals surface area contributed by atoms with E-state index in [1.165, 1.54) is 9.78 Å². The molecule has 1 atom stereocenters. The lowest BCUT2D eigenvalue weighted by atomic mass is 10.0. The SMILES string of the molecule is O=C(C(O)c1cccc(Cl)c1)N1CCc2nc(C3(c4cccs4)CC3)[nH]c(=O)c2C1. The van der Waals surface area contributed by atoms with Gasteiger partial charge in [0, 0.05) is 22.9 Å². The number of carbonyl (C=O) groups excluding carboxylic acids is 1. The number of carbonyl (C=O) groups is 1. The summed E-state index contributed by atoms with van der Waals surface area (Å²) in [6.07, 6.45) is 1.13. The molecule has 1 fully saturated rings. The van der Waals surface area contributed by atoms with Crippen molar-refractivity contribution in [2.45, 2.75) is 37.3 Å². The number of thiophene rings is 1. The standard InChI is InChI=1S/C22H20ClN3O3S/c23-14-4-1-3-13(11-14)18(27)20(29)26-9-6-16-15(12-26)19(28)25-21(24-16)22(7-8-22)17-5-2-10-30-17/h1-5,10-11,18,27H,6-9,12H2,(H,24,25,28). The Bertz CT molecular complexity index is 1170. The van der Waals surface area contributed by atoms with E-state index in [2.05, 4.69) is 11.1 Å². The van der Waals surface area contributed by atoms with Gasteiger partial charge in [0.15, 0.2) is 6.10 Å². The Morgan fingerprint density at radius 3 is 2.83 bits per heavy atom. The minimum atomic E-state index is -1.31. The number of nitrogens with zero attached hydrogens (tertiary/aromatic N) is 2. The molecule has 2 N–H and O–H groups in total. The molecule has 0 spiro atoms. The van der Waals surface area contributed by atoms with Crippen LogP contribution in [0.15, 0.2) is 46.6 Å². The third-order valence-corrected chi connectivity index (χ3v) is 7.28. The quantitative estimate of drug-likeness (QED) is 0.651. The predicted molar refractivity (Wildman–Crippen MR) is 115 cm³/mol. The zero-order valence-electron chi connectivity index (χ0n) is 16.1. The van der Waals surface area contributed by atoms with Crippen molar-refractivity contribution < 1.29 is 9.90 Å². The molecule has 6 nitrogen and oxygen atoms in total. The first-order valence-electron chi connectivity index (χ1n) is 9.87. The molecule has 0 saturated heterocycles. The number of halogens is 1. The number of rotatable bonds is 4. The molecule has 1 saturated carbocycles. The van der Waals surface area contributed by atoms with E-state index >= 15 is 0 Å². The number of benzene rings is 1. The van der Waals surface area contributed by atoms with Gasteiger partial charge in [-0.25, -0.2) is 4.98 Å². The minimum Gasteiger partial charge on any atom is -0.378 e. The van der Waals surface area contributed by atoms with Gasteiger partial charge in [0.05, 0.1) is 23.2 Å². The molecular formula is C22H20ClN3O3S. The van der Waals surface area contributed by atoms with E-state index < -0.39 is 12.0 Å². The highest BCUT2D eigenvalue weighted by Gasteiger charge is 2.49. The zero-order valence-corrected chi connectivity index (χ0v) is 17.7. The fourth-order valence-corrected chi connectivity index (χ4v) is 5.29. The Kier molecular flexibility index (Phi) is 4.76. The van der Waals surface area contributed by atoms with Crippen molar-refractivity contribution in [2.24, 2.45) is 0 Å². The fraction of sp³-hybridized carbons (Fsp3) is 0.318. The summed E-state index contributed by atoms with van der Waals surface area (Å²) in [5.41, 5.74) is 1.31. The van der Waals surface area contributed by atoms with Gasteiger partial charge in [-0.15, -0.1) is 11.3 Å². The number of amides is 1. The fourth-order valence-electron chi connectivity index (χ4n) is 4.11. The van der Waals surface area contributed by atoms with E-state index in [-0.39, 0.29) is 17.5 Å². The molecule has 154 valence electrons. The molecule has 5 rings (SSSR count). The number of hydrogen-bond donors (Lipinski definition) is 2. The molecule has 1 aliphatic heterocycles. The number of aromatic nitrogens is 2. The highest BCUT2D eigenvalue weighted by molar-refractivity contribution is 7.10. The minimum absolute atomic E-state index is 0.139. The Balaban J connectivity index is 1.40. The summed E-state index contributed by atoms with van der Waals surface area (Å²) in [5, 5.41) is 13.0. The number of aliphatic hydroxyl groups excluding tert-OH is 1. The van der Waals surface area contributed by atoms with Crippen LogP contribution < -0.4 is 5.56 Å². The van der Waals surface area contributed by atoms with Crippen molar-refractivity contribution >= 4 is 28.8 Å². The highest BCUT2D eigenvalue weighted by atomic mass is 35.5. The van der Waals surface area contributed by atoms with Crippen LogP contribution in [-0.4, -0.2) is 32.4 Å². The predicted octanol–water partition coefficient (Wildman–Crippen LogP) is 3.18. The maximum absolute atomic E-state index is 12.9. The van der Waals surface area contributed by atoms with Crippen molar-refractivity contribution in [1.29, 1.82) is 0 Å². The summed E-state index contributed by atoms with van der Waals surface area (Å²) in [4.78, 5) is 36.2. The molecule has 1 amide bonds. The van der Waals surface area contributed by atoms with Crippen molar-refractivity contribution in [3.05, 3.63) is 84.7 Å². The Hall–Kier alpha value is -2.48. The molecule has 0 radical (unpaired) electrons. The maximum Gasteiger partial charge on any atom is 0.256 e. The van der Waals surface area contributed by atoms with Gasteiger partial charge in [-0.1, -0.05) is 29.8 Å². The van der Waals surface area contributed by atoms with Crippen LogP contribution in [0.5, 0.6) is 0 Å². The van der Waals surface area contributed by atoms with E-state index in [1.54, 1.807) is 35.6 Å². The van der Waals surface area contributed by atoms with Gasteiger partial charge in [-0.3, -0.25) is 9.59 Å². The van der Waals surface area contributed by atoms with Crippen molar-refractivity contribution in [1.82, 2.24) is 14.9 Å². The number of hydrogen-bond acceptors (Lipinski definition) is 5. The van der Waals surface area contributed by atoms with E-state index in [0.717, 1.165) is 24.4 Å². The summed E-state index contributed by atoms with van der Waals surface area (Å²) in [6, 6.07) is 10.7. The highest BCUT2D eigenvalue weighted by Crippen LogP contribution is 2.53. The third-order valence-electron chi connectivity index (χ3n) is 5.97. The first kappa shape index (κ1) is 19.5. The summed E-state index contributed by atoms with van der Waals surface area (Å²) in [7, 11) is 0. The molecule has 1 aliphatic carbocycles. The van der Waals surface area contributed by atoms with E-state index in [9.17, 15) is 14.7 Å².